The molecule has 0 aliphatic rings. The van der Waals surface area contributed by atoms with Crippen molar-refractivity contribution < 1.29 is 14.8 Å². The molecule has 0 aliphatic heterocycles. The Balaban J connectivity index is 0.000000921. The molecule has 5 heteroatoms. The van der Waals surface area contributed by atoms with Gasteiger partial charge in [0.25, 0.3) is 5.69 Å². The molecule has 82 valence electrons. The topological polar surface area (TPSA) is 80.4 Å². The van der Waals surface area contributed by atoms with Gasteiger partial charge in [-0.1, -0.05) is 26.0 Å². The molecule has 0 fully saturated rings. The Hall–Kier alpha value is -1.91. The number of hydrogen-bond acceptors (Lipinski definition) is 3. The van der Waals surface area contributed by atoms with E-state index in [-0.39, 0.29) is 12.1 Å². The summed E-state index contributed by atoms with van der Waals surface area (Å²) in [6, 6.07) is 5.45. The zero-order valence-corrected chi connectivity index (χ0v) is 8.64. The number of hydrogen-bond donors (Lipinski definition) is 1. The van der Waals surface area contributed by atoms with E-state index in [2.05, 4.69) is 0 Å². The molecule has 0 spiro atoms. The van der Waals surface area contributed by atoms with Crippen molar-refractivity contribution in [1.82, 2.24) is 0 Å². The van der Waals surface area contributed by atoms with Crippen molar-refractivity contribution in [1.29, 1.82) is 0 Å². The molecule has 1 aromatic carbocycles. The number of aliphatic carboxylic acids is 1. The Morgan fingerprint density at radius 1 is 1.33 bits per heavy atom. The first kappa shape index (κ1) is 13.1. The minimum atomic E-state index is -0.950. The van der Waals surface area contributed by atoms with Gasteiger partial charge in [0.15, 0.2) is 0 Å². The lowest BCUT2D eigenvalue weighted by Crippen LogP contribution is -1.99. The highest BCUT2D eigenvalue weighted by atomic mass is 16.6. The third kappa shape index (κ3) is 4.75. The van der Waals surface area contributed by atoms with Gasteiger partial charge in [0, 0.05) is 12.1 Å². The molecule has 1 rings (SSSR count). The number of non-ortho nitro benzene ring substituents is 1. The molecule has 0 aromatic heterocycles. The highest BCUT2D eigenvalue weighted by Crippen LogP contribution is 2.11. The largest absolute Gasteiger partial charge is 0.481 e. The van der Waals surface area contributed by atoms with Crippen LogP contribution < -0.4 is 0 Å². The smallest absolute Gasteiger partial charge is 0.307 e. The molecule has 5 nitrogen and oxygen atoms in total. The third-order valence-corrected chi connectivity index (χ3v) is 1.50. The first-order chi connectivity index (χ1) is 7.09. The summed E-state index contributed by atoms with van der Waals surface area (Å²) < 4.78 is 0. The average Bonchev–Trinajstić information content (AvgIpc) is 2.20. The van der Waals surface area contributed by atoms with Gasteiger partial charge in [-0.15, -0.1) is 0 Å². The highest BCUT2D eigenvalue weighted by molar-refractivity contribution is 5.70. The number of benzene rings is 1. The number of nitrogens with zero attached hydrogens (tertiary/aromatic N) is 1. The fraction of sp³-hybridized carbons (Fsp3) is 0.300. The molecule has 0 bridgehead atoms. The van der Waals surface area contributed by atoms with Crippen molar-refractivity contribution in [2.45, 2.75) is 20.3 Å². The zero-order valence-electron chi connectivity index (χ0n) is 8.64. The van der Waals surface area contributed by atoms with Crippen LogP contribution in [0.2, 0.25) is 0 Å². The first-order valence-corrected chi connectivity index (χ1v) is 4.54. The van der Waals surface area contributed by atoms with Gasteiger partial charge in [-0.3, -0.25) is 14.9 Å². The fourth-order valence-corrected chi connectivity index (χ4v) is 0.910. The Kier molecular flexibility index (Phi) is 5.70. The molecule has 0 amide bonds. The van der Waals surface area contributed by atoms with Crippen molar-refractivity contribution in [3.63, 3.8) is 0 Å². The molecule has 0 saturated heterocycles. The second-order valence-electron chi connectivity index (χ2n) is 2.49. The van der Waals surface area contributed by atoms with E-state index < -0.39 is 10.9 Å². The predicted molar refractivity (Wildman–Crippen MR) is 55.8 cm³/mol. The summed E-state index contributed by atoms with van der Waals surface area (Å²) in [5.74, 6) is -0.950. The summed E-state index contributed by atoms with van der Waals surface area (Å²) in [6.07, 6.45) is -0.113. The van der Waals surface area contributed by atoms with Crippen LogP contribution in [-0.2, 0) is 11.2 Å². The first-order valence-electron chi connectivity index (χ1n) is 4.54. The van der Waals surface area contributed by atoms with E-state index in [0.717, 1.165) is 0 Å². The van der Waals surface area contributed by atoms with Gasteiger partial charge in [-0.05, 0) is 5.56 Å². The number of nitro benzene ring substituents is 1. The van der Waals surface area contributed by atoms with Gasteiger partial charge < -0.3 is 5.11 Å². The molecule has 0 radical (unpaired) electrons. The summed E-state index contributed by atoms with van der Waals surface area (Å²) in [5.41, 5.74) is 0.521. The maximum atomic E-state index is 10.3. The van der Waals surface area contributed by atoms with Crippen molar-refractivity contribution in [2.75, 3.05) is 0 Å². The Morgan fingerprint density at radius 3 is 2.13 bits per heavy atom. The standard InChI is InChI=1S/C8H7NO4.C2H6/c10-8(11)5-6-1-3-7(4-2-6)9(12)13;1-2/h1-4H,5H2,(H,10,11);1-2H3. The molecular weight excluding hydrogens is 198 g/mol. The van der Waals surface area contributed by atoms with Crippen LogP contribution in [0.5, 0.6) is 0 Å². The number of carboxylic acids is 1. The quantitative estimate of drug-likeness (QED) is 0.614. The summed E-state index contributed by atoms with van der Waals surface area (Å²) >= 11 is 0. The normalized spacial score (nSPS) is 8.67. The van der Waals surface area contributed by atoms with Gasteiger partial charge in [-0.25, -0.2) is 0 Å². The fourth-order valence-electron chi connectivity index (χ4n) is 0.910. The van der Waals surface area contributed by atoms with Crippen LogP contribution in [0.3, 0.4) is 0 Å². The molecular formula is C10H13NO4. The average molecular weight is 211 g/mol. The van der Waals surface area contributed by atoms with Crippen LogP contribution in [0.25, 0.3) is 0 Å². The number of carbonyl (C=O) groups is 1. The van der Waals surface area contributed by atoms with Gasteiger partial charge in [0.1, 0.15) is 0 Å². The Labute approximate surface area is 87.5 Å². The van der Waals surface area contributed by atoms with Crippen LogP contribution in [0.15, 0.2) is 24.3 Å². The summed E-state index contributed by atoms with van der Waals surface area (Å²) in [4.78, 5) is 20.0. The van der Waals surface area contributed by atoms with Crippen molar-refractivity contribution in [2.24, 2.45) is 0 Å². The van der Waals surface area contributed by atoms with Gasteiger partial charge in [-0.2, -0.15) is 0 Å². The lowest BCUT2D eigenvalue weighted by Gasteiger charge is -1.95. The summed E-state index contributed by atoms with van der Waals surface area (Å²) in [5, 5.41) is 18.6. The van der Waals surface area contributed by atoms with Crippen molar-refractivity contribution >= 4 is 11.7 Å². The Morgan fingerprint density at radius 2 is 1.80 bits per heavy atom. The molecule has 0 aliphatic carbocycles. The van der Waals surface area contributed by atoms with E-state index in [9.17, 15) is 14.9 Å². The maximum Gasteiger partial charge on any atom is 0.307 e. The van der Waals surface area contributed by atoms with Crippen LogP contribution in [0.1, 0.15) is 19.4 Å². The van der Waals surface area contributed by atoms with E-state index in [1.54, 1.807) is 0 Å². The van der Waals surface area contributed by atoms with Gasteiger partial charge in [0.2, 0.25) is 0 Å². The molecule has 0 unspecified atom stereocenters. The molecule has 0 atom stereocenters. The summed E-state index contributed by atoms with van der Waals surface area (Å²) in [7, 11) is 0. The van der Waals surface area contributed by atoms with Crippen molar-refractivity contribution in [3.8, 4) is 0 Å². The molecule has 15 heavy (non-hydrogen) atoms. The van der Waals surface area contributed by atoms with E-state index in [1.807, 2.05) is 13.8 Å². The van der Waals surface area contributed by atoms with E-state index in [0.29, 0.717) is 5.56 Å². The molecule has 0 saturated carbocycles. The Bertz CT molecular complexity index is 332. The monoisotopic (exact) mass is 211 g/mol. The summed E-state index contributed by atoms with van der Waals surface area (Å²) in [6.45, 7) is 4.00. The van der Waals surface area contributed by atoms with E-state index in [4.69, 9.17) is 5.11 Å². The predicted octanol–water partition coefficient (Wildman–Crippen LogP) is 2.25. The number of nitro groups is 1. The van der Waals surface area contributed by atoms with E-state index in [1.165, 1.54) is 24.3 Å². The maximum absolute atomic E-state index is 10.3. The van der Waals surface area contributed by atoms with Gasteiger partial charge >= 0.3 is 5.97 Å². The van der Waals surface area contributed by atoms with Crippen LogP contribution >= 0.6 is 0 Å². The van der Waals surface area contributed by atoms with Crippen molar-refractivity contribution in [3.05, 3.63) is 39.9 Å². The lowest BCUT2D eigenvalue weighted by molar-refractivity contribution is -0.384. The van der Waals surface area contributed by atoms with Crippen LogP contribution in [0.4, 0.5) is 5.69 Å². The van der Waals surface area contributed by atoms with E-state index >= 15 is 0 Å². The molecule has 1 aromatic rings. The number of rotatable bonds is 3. The zero-order chi connectivity index (χ0) is 11.8. The lowest BCUT2D eigenvalue weighted by atomic mass is 10.1. The third-order valence-electron chi connectivity index (χ3n) is 1.50. The number of carboxylic acid groups (broad SMARTS) is 1. The van der Waals surface area contributed by atoms with Crippen LogP contribution in [-0.4, -0.2) is 16.0 Å². The second-order valence-corrected chi connectivity index (χ2v) is 2.49. The molecule has 1 N–H and O–H groups in total. The van der Waals surface area contributed by atoms with Crippen LogP contribution in [0, 0.1) is 10.1 Å². The molecule has 0 heterocycles. The van der Waals surface area contributed by atoms with Gasteiger partial charge in [0.05, 0.1) is 11.3 Å². The minimum Gasteiger partial charge on any atom is -0.481 e. The second kappa shape index (κ2) is 6.53. The SMILES string of the molecule is CC.O=C(O)Cc1ccc([N+](=O)[O-])cc1. The minimum absolute atomic E-state index is 0.0332. The highest BCUT2D eigenvalue weighted by Gasteiger charge is 2.05.